The molecule has 2 heterocycles. The van der Waals surface area contributed by atoms with Crippen LogP contribution in [0.15, 0.2) is 24.3 Å². The molecule has 6 heteroatoms. The van der Waals surface area contributed by atoms with E-state index >= 15 is 0 Å². The summed E-state index contributed by atoms with van der Waals surface area (Å²) in [5, 5.41) is 0. The highest BCUT2D eigenvalue weighted by Gasteiger charge is 2.32. The maximum Gasteiger partial charge on any atom is 0.401 e. The van der Waals surface area contributed by atoms with Crippen molar-refractivity contribution in [3.8, 4) is 5.75 Å². The molecule has 1 fully saturated rings. The lowest BCUT2D eigenvalue weighted by Gasteiger charge is -2.36. The fraction of sp³-hybridized carbons (Fsp3) is 0.647. The molecule has 1 aromatic carbocycles. The minimum atomic E-state index is -4.09. The van der Waals surface area contributed by atoms with Crippen LogP contribution in [0.25, 0.3) is 0 Å². The number of halogens is 3. The summed E-state index contributed by atoms with van der Waals surface area (Å²) >= 11 is 0. The van der Waals surface area contributed by atoms with Gasteiger partial charge in [0.2, 0.25) is 0 Å². The zero-order valence-corrected chi connectivity index (χ0v) is 13.2. The molecule has 0 saturated carbocycles. The van der Waals surface area contributed by atoms with Gasteiger partial charge >= 0.3 is 6.18 Å². The van der Waals surface area contributed by atoms with Crippen LogP contribution in [0.2, 0.25) is 0 Å². The Balaban J connectivity index is 1.49. The molecule has 128 valence electrons. The molecule has 0 spiro atoms. The largest absolute Gasteiger partial charge is 0.493 e. The molecule has 2 aliphatic rings. The minimum absolute atomic E-state index is 0.499. The summed E-state index contributed by atoms with van der Waals surface area (Å²) in [5.41, 5.74) is 1.24. The Hall–Kier alpha value is -1.27. The number of hydrogen-bond acceptors (Lipinski definition) is 3. The summed E-state index contributed by atoms with van der Waals surface area (Å²) in [4.78, 5) is 3.80. The van der Waals surface area contributed by atoms with Crippen molar-refractivity contribution in [2.75, 3.05) is 45.9 Å². The molecule has 0 aliphatic carbocycles. The van der Waals surface area contributed by atoms with Gasteiger partial charge in [-0.1, -0.05) is 18.2 Å². The Morgan fingerprint density at radius 3 is 2.48 bits per heavy atom. The minimum Gasteiger partial charge on any atom is -0.493 e. The molecule has 0 bridgehead atoms. The molecule has 3 nitrogen and oxygen atoms in total. The lowest BCUT2D eigenvalue weighted by atomic mass is 9.96. The van der Waals surface area contributed by atoms with E-state index in [2.05, 4.69) is 11.0 Å². The zero-order chi connectivity index (χ0) is 16.3. The van der Waals surface area contributed by atoms with E-state index in [-0.39, 0.29) is 0 Å². The Kier molecular flexibility index (Phi) is 5.11. The van der Waals surface area contributed by atoms with E-state index in [1.807, 2.05) is 18.2 Å². The van der Waals surface area contributed by atoms with Crippen molar-refractivity contribution in [1.29, 1.82) is 0 Å². The lowest BCUT2D eigenvalue weighted by molar-refractivity contribution is -0.149. The summed E-state index contributed by atoms with van der Waals surface area (Å²) < 4.78 is 43.1. The maximum absolute atomic E-state index is 12.4. The quantitative estimate of drug-likeness (QED) is 0.849. The van der Waals surface area contributed by atoms with E-state index in [0.717, 1.165) is 44.8 Å². The third kappa shape index (κ3) is 4.85. The van der Waals surface area contributed by atoms with E-state index in [4.69, 9.17) is 4.74 Å². The smallest absolute Gasteiger partial charge is 0.401 e. The van der Waals surface area contributed by atoms with E-state index < -0.39 is 12.7 Å². The normalized spacial score (nSPS) is 23.9. The van der Waals surface area contributed by atoms with Crippen LogP contribution in [-0.2, 0) is 6.42 Å². The number of benzene rings is 1. The van der Waals surface area contributed by atoms with Crippen LogP contribution in [-0.4, -0.2) is 61.9 Å². The van der Waals surface area contributed by atoms with Crippen molar-refractivity contribution >= 4 is 0 Å². The van der Waals surface area contributed by atoms with E-state index in [1.165, 1.54) is 10.5 Å². The van der Waals surface area contributed by atoms with Crippen LogP contribution >= 0.6 is 0 Å². The monoisotopic (exact) mass is 328 g/mol. The number of piperazine rings is 1. The van der Waals surface area contributed by atoms with Crippen molar-refractivity contribution in [2.24, 2.45) is 5.92 Å². The van der Waals surface area contributed by atoms with Crippen LogP contribution in [0.3, 0.4) is 0 Å². The molecule has 3 rings (SSSR count). The fourth-order valence-electron chi connectivity index (χ4n) is 3.47. The number of alkyl halides is 3. The molecular formula is C17H23F3N2O. The van der Waals surface area contributed by atoms with Crippen molar-refractivity contribution < 1.29 is 17.9 Å². The van der Waals surface area contributed by atoms with E-state index in [9.17, 15) is 13.2 Å². The van der Waals surface area contributed by atoms with Crippen LogP contribution < -0.4 is 4.74 Å². The van der Waals surface area contributed by atoms with Gasteiger partial charge < -0.3 is 9.64 Å². The fourth-order valence-corrected chi connectivity index (χ4v) is 3.47. The molecule has 2 aliphatic heterocycles. The standard InChI is InChI=1S/C17H23F3N2O/c18-17(19,20)13-22-8-6-21(7-9-22)12-14-5-10-23-16-4-2-1-3-15(16)11-14/h1-4,14H,5-13H2/t14-/m0/s1. The van der Waals surface area contributed by atoms with Crippen LogP contribution in [0, 0.1) is 5.92 Å². The first-order valence-electron chi connectivity index (χ1n) is 8.22. The van der Waals surface area contributed by atoms with Gasteiger partial charge in [0.15, 0.2) is 0 Å². The predicted molar refractivity (Wildman–Crippen MR) is 82.7 cm³/mol. The lowest BCUT2D eigenvalue weighted by Crippen LogP contribution is -2.50. The van der Waals surface area contributed by atoms with Crippen LogP contribution in [0.4, 0.5) is 13.2 Å². The van der Waals surface area contributed by atoms with Crippen molar-refractivity contribution in [1.82, 2.24) is 9.80 Å². The second-order valence-electron chi connectivity index (χ2n) is 6.51. The van der Waals surface area contributed by atoms with Gasteiger partial charge in [-0.15, -0.1) is 0 Å². The predicted octanol–water partition coefficient (Wildman–Crippen LogP) is 2.81. The SMILES string of the molecule is FC(F)(F)CN1CCN(C[C@H]2CCOc3ccccc3C2)CC1. The molecular weight excluding hydrogens is 305 g/mol. The molecule has 0 unspecified atom stereocenters. The molecule has 1 atom stereocenters. The van der Waals surface area contributed by atoms with Gasteiger partial charge in [-0.05, 0) is 30.4 Å². The van der Waals surface area contributed by atoms with Crippen LogP contribution in [0.1, 0.15) is 12.0 Å². The zero-order valence-electron chi connectivity index (χ0n) is 13.2. The number of hydrogen-bond donors (Lipinski definition) is 0. The summed E-state index contributed by atoms with van der Waals surface area (Å²) in [6.07, 6.45) is -2.11. The average Bonchev–Trinajstić information content (AvgIpc) is 2.69. The first-order chi connectivity index (χ1) is 11.0. The van der Waals surface area contributed by atoms with Gasteiger partial charge in [0.1, 0.15) is 5.75 Å². The van der Waals surface area contributed by atoms with Crippen LogP contribution in [0.5, 0.6) is 5.75 Å². The van der Waals surface area contributed by atoms with Gasteiger partial charge in [0, 0.05) is 32.7 Å². The summed E-state index contributed by atoms with van der Waals surface area (Å²) in [6.45, 7) is 3.31. The van der Waals surface area contributed by atoms with Gasteiger partial charge in [-0.2, -0.15) is 13.2 Å². The second-order valence-corrected chi connectivity index (χ2v) is 6.51. The Morgan fingerprint density at radius 2 is 1.74 bits per heavy atom. The molecule has 0 aromatic heterocycles. The van der Waals surface area contributed by atoms with E-state index in [1.54, 1.807) is 0 Å². The van der Waals surface area contributed by atoms with Crippen molar-refractivity contribution in [3.05, 3.63) is 29.8 Å². The highest BCUT2D eigenvalue weighted by Crippen LogP contribution is 2.27. The third-order valence-corrected chi connectivity index (χ3v) is 4.65. The first-order valence-corrected chi connectivity index (χ1v) is 8.22. The molecule has 0 radical (unpaired) electrons. The Morgan fingerprint density at radius 1 is 1.04 bits per heavy atom. The Labute approximate surface area is 135 Å². The van der Waals surface area contributed by atoms with Gasteiger partial charge in [-0.25, -0.2) is 0 Å². The summed E-state index contributed by atoms with van der Waals surface area (Å²) in [5.74, 6) is 1.48. The van der Waals surface area contributed by atoms with Crippen molar-refractivity contribution in [2.45, 2.75) is 19.0 Å². The number of ether oxygens (including phenoxy) is 1. The first kappa shape index (κ1) is 16.6. The molecule has 0 amide bonds. The van der Waals surface area contributed by atoms with Gasteiger partial charge in [-0.3, -0.25) is 4.90 Å². The topological polar surface area (TPSA) is 15.7 Å². The van der Waals surface area contributed by atoms with E-state index in [0.29, 0.717) is 19.0 Å². The molecule has 1 saturated heterocycles. The highest BCUT2D eigenvalue weighted by atomic mass is 19.4. The van der Waals surface area contributed by atoms with Crippen molar-refractivity contribution in [3.63, 3.8) is 0 Å². The van der Waals surface area contributed by atoms with Gasteiger partial charge in [0.05, 0.1) is 13.2 Å². The number of fused-ring (bicyclic) bond motifs is 1. The third-order valence-electron chi connectivity index (χ3n) is 4.65. The highest BCUT2D eigenvalue weighted by molar-refractivity contribution is 5.34. The number of nitrogens with zero attached hydrogens (tertiary/aromatic N) is 2. The summed E-state index contributed by atoms with van der Waals surface area (Å²) in [7, 11) is 0. The van der Waals surface area contributed by atoms with Gasteiger partial charge in [0.25, 0.3) is 0 Å². The Bertz CT molecular complexity index is 513. The molecule has 1 aromatic rings. The molecule has 23 heavy (non-hydrogen) atoms. The maximum atomic E-state index is 12.4. The number of rotatable bonds is 3. The average molecular weight is 328 g/mol. The number of para-hydroxylation sites is 1. The summed E-state index contributed by atoms with van der Waals surface area (Å²) in [6, 6.07) is 8.13. The second kappa shape index (κ2) is 7.09. The molecule has 0 N–H and O–H groups in total.